The van der Waals surface area contributed by atoms with E-state index in [1.165, 1.54) is 0 Å². The van der Waals surface area contributed by atoms with Crippen molar-refractivity contribution in [3.8, 4) is 5.75 Å². The van der Waals surface area contributed by atoms with Crippen molar-refractivity contribution in [3.05, 3.63) is 58.7 Å². The molecule has 10 nitrogen and oxygen atoms in total. The van der Waals surface area contributed by atoms with Gasteiger partial charge in [-0.3, -0.25) is 10.2 Å². The largest absolute Gasteiger partial charge is 0.481 e. The fraction of sp³-hybridized carbons (Fsp3) is 0.238. The summed E-state index contributed by atoms with van der Waals surface area (Å²) in [5.74, 6) is -2.99. The highest BCUT2D eigenvalue weighted by Crippen LogP contribution is 2.33. The van der Waals surface area contributed by atoms with Crippen LogP contribution in [0.3, 0.4) is 0 Å². The number of aryl methyl sites for hydroxylation is 2. The SMILES string of the molecule is CC(=O)O.Cc1cc(C)c(OCC(=O)O)c(C(Nc2ccc(C(=N)N)cc2)C(=O)O)c1. The van der Waals surface area contributed by atoms with Crippen molar-refractivity contribution in [1.82, 2.24) is 0 Å². The van der Waals surface area contributed by atoms with E-state index >= 15 is 0 Å². The highest BCUT2D eigenvalue weighted by atomic mass is 16.5. The average Bonchev–Trinajstić information content (AvgIpc) is 2.64. The summed E-state index contributed by atoms with van der Waals surface area (Å²) in [5, 5.41) is 36.3. The number of nitrogens with one attached hydrogen (secondary N) is 2. The quantitative estimate of drug-likeness (QED) is 0.270. The molecule has 1 unspecified atom stereocenters. The van der Waals surface area contributed by atoms with Crippen LogP contribution in [-0.4, -0.2) is 45.7 Å². The number of rotatable bonds is 8. The van der Waals surface area contributed by atoms with Gasteiger partial charge in [0.25, 0.3) is 5.97 Å². The first-order valence-electron chi connectivity index (χ1n) is 9.01. The monoisotopic (exact) mass is 431 g/mol. The molecule has 31 heavy (non-hydrogen) atoms. The number of anilines is 1. The van der Waals surface area contributed by atoms with Gasteiger partial charge in [-0.05, 0) is 49.7 Å². The van der Waals surface area contributed by atoms with E-state index in [9.17, 15) is 14.7 Å². The third kappa shape index (κ3) is 8.05. The molecule has 0 saturated carbocycles. The number of carboxylic acid groups (broad SMARTS) is 3. The maximum absolute atomic E-state index is 11.9. The Bertz CT molecular complexity index is 968. The topological polar surface area (TPSA) is 183 Å². The Morgan fingerprint density at radius 1 is 1.10 bits per heavy atom. The van der Waals surface area contributed by atoms with E-state index in [-0.39, 0.29) is 11.6 Å². The molecule has 166 valence electrons. The van der Waals surface area contributed by atoms with Crippen LogP contribution in [0.25, 0.3) is 0 Å². The van der Waals surface area contributed by atoms with E-state index < -0.39 is 30.6 Å². The predicted molar refractivity (Wildman–Crippen MR) is 114 cm³/mol. The van der Waals surface area contributed by atoms with Gasteiger partial charge in [0.05, 0.1) is 0 Å². The molecule has 0 spiro atoms. The van der Waals surface area contributed by atoms with E-state index in [0.29, 0.717) is 22.4 Å². The lowest BCUT2D eigenvalue weighted by Crippen LogP contribution is -2.23. The zero-order valence-electron chi connectivity index (χ0n) is 17.3. The molecule has 1 atom stereocenters. The lowest BCUT2D eigenvalue weighted by molar-refractivity contribution is -0.139. The molecule has 0 aromatic heterocycles. The van der Waals surface area contributed by atoms with Crippen molar-refractivity contribution in [2.24, 2.45) is 5.73 Å². The van der Waals surface area contributed by atoms with Gasteiger partial charge in [-0.25, -0.2) is 9.59 Å². The summed E-state index contributed by atoms with van der Waals surface area (Å²) in [6.45, 7) is 4.06. The molecule has 0 amide bonds. The Morgan fingerprint density at radius 2 is 1.65 bits per heavy atom. The van der Waals surface area contributed by atoms with E-state index in [4.69, 9.17) is 30.9 Å². The van der Waals surface area contributed by atoms with Crippen LogP contribution < -0.4 is 15.8 Å². The minimum absolute atomic E-state index is 0.0880. The van der Waals surface area contributed by atoms with Crippen molar-refractivity contribution in [2.75, 3.05) is 11.9 Å². The number of benzene rings is 2. The summed E-state index contributed by atoms with van der Waals surface area (Å²) in [7, 11) is 0. The number of carboxylic acids is 3. The van der Waals surface area contributed by atoms with Gasteiger partial charge in [0, 0.05) is 23.7 Å². The molecule has 0 fully saturated rings. The van der Waals surface area contributed by atoms with Gasteiger partial charge in [0.1, 0.15) is 11.6 Å². The van der Waals surface area contributed by atoms with Crippen molar-refractivity contribution in [3.63, 3.8) is 0 Å². The van der Waals surface area contributed by atoms with Gasteiger partial charge in [-0.1, -0.05) is 11.6 Å². The number of ether oxygens (including phenoxy) is 1. The highest BCUT2D eigenvalue weighted by molar-refractivity contribution is 5.95. The lowest BCUT2D eigenvalue weighted by Gasteiger charge is -2.21. The molecule has 2 aromatic rings. The first-order chi connectivity index (χ1) is 14.4. The molecule has 7 N–H and O–H groups in total. The summed E-state index contributed by atoms with van der Waals surface area (Å²) in [5.41, 5.74) is 8.25. The van der Waals surface area contributed by atoms with Crippen molar-refractivity contribution in [1.29, 1.82) is 5.41 Å². The first-order valence-corrected chi connectivity index (χ1v) is 9.01. The molecule has 0 aliphatic heterocycles. The van der Waals surface area contributed by atoms with Crippen LogP contribution in [0, 0.1) is 19.3 Å². The number of hydrogen-bond acceptors (Lipinski definition) is 6. The molecule has 0 bridgehead atoms. The maximum atomic E-state index is 11.9. The van der Waals surface area contributed by atoms with Gasteiger partial charge < -0.3 is 31.1 Å². The standard InChI is InChI=1S/C19H21N3O5.C2H4O2/c1-10-7-11(2)17(27-9-15(23)24)14(8-10)16(19(25)26)22-13-5-3-12(4-6-13)18(20)21;1-2(3)4/h3-8,16,22H,9H2,1-2H3,(H3,20,21)(H,23,24)(H,25,26);1H3,(H,3,4). The van der Waals surface area contributed by atoms with Crippen molar-refractivity contribution >= 4 is 29.4 Å². The second-order valence-electron chi connectivity index (χ2n) is 6.61. The maximum Gasteiger partial charge on any atom is 0.341 e. The smallest absolute Gasteiger partial charge is 0.341 e. The second kappa shape index (κ2) is 11.2. The predicted octanol–water partition coefficient (Wildman–Crippen LogP) is 2.38. The molecule has 0 heterocycles. The van der Waals surface area contributed by atoms with Gasteiger partial charge >= 0.3 is 11.9 Å². The zero-order chi connectivity index (χ0) is 23.7. The minimum atomic E-state index is -1.16. The van der Waals surface area contributed by atoms with Gasteiger partial charge in [0.2, 0.25) is 0 Å². The number of amidine groups is 1. The third-order valence-electron chi connectivity index (χ3n) is 3.85. The van der Waals surface area contributed by atoms with Crippen LogP contribution in [0.4, 0.5) is 5.69 Å². The molecular weight excluding hydrogens is 406 g/mol. The summed E-state index contributed by atoms with van der Waals surface area (Å²) in [6.07, 6.45) is 0. The van der Waals surface area contributed by atoms with Crippen LogP contribution in [0.1, 0.15) is 35.2 Å². The number of nitrogen functional groups attached to an aromatic ring is 1. The molecule has 2 rings (SSSR count). The Kier molecular flexibility index (Phi) is 9.01. The zero-order valence-corrected chi connectivity index (χ0v) is 17.3. The normalized spacial score (nSPS) is 10.8. The van der Waals surface area contributed by atoms with Gasteiger partial charge in [-0.15, -0.1) is 0 Å². The summed E-state index contributed by atoms with van der Waals surface area (Å²) >= 11 is 0. The first kappa shape index (κ1) is 25.0. The second-order valence-corrected chi connectivity index (χ2v) is 6.61. The fourth-order valence-electron chi connectivity index (χ4n) is 2.72. The summed E-state index contributed by atoms with van der Waals surface area (Å²) < 4.78 is 5.36. The average molecular weight is 431 g/mol. The molecule has 0 aliphatic rings. The van der Waals surface area contributed by atoms with Crippen LogP contribution in [-0.2, 0) is 14.4 Å². The summed E-state index contributed by atoms with van der Waals surface area (Å²) in [6, 6.07) is 8.73. The van der Waals surface area contributed by atoms with Crippen molar-refractivity contribution in [2.45, 2.75) is 26.8 Å². The van der Waals surface area contributed by atoms with E-state index in [1.807, 2.05) is 6.92 Å². The van der Waals surface area contributed by atoms with E-state index in [1.54, 1.807) is 43.3 Å². The fourth-order valence-corrected chi connectivity index (χ4v) is 2.72. The molecule has 2 aromatic carbocycles. The third-order valence-corrected chi connectivity index (χ3v) is 3.85. The van der Waals surface area contributed by atoms with Gasteiger partial charge in [0.15, 0.2) is 12.6 Å². The van der Waals surface area contributed by atoms with Crippen LogP contribution in [0.15, 0.2) is 36.4 Å². The van der Waals surface area contributed by atoms with Crippen LogP contribution in [0.2, 0.25) is 0 Å². The van der Waals surface area contributed by atoms with Crippen LogP contribution in [0.5, 0.6) is 5.75 Å². The molecule has 0 radical (unpaired) electrons. The Hall–Kier alpha value is -4.08. The van der Waals surface area contributed by atoms with Crippen LogP contribution >= 0.6 is 0 Å². The number of nitrogens with two attached hydrogens (primary N) is 1. The Labute approximate surface area is 178 Å². The molecular formula is C21H25N3O7. The molecule has 0 saturated heterocycles. The number of aliphatic carboxylic acids is 3. The highest BCUT2D eigenvalue weighted by Gasteiger charge is 2.25. The van der Waals surface area contributed by atoms with Gasteiger partial charge in [-0.2, -0.15) is 0 Å². The Balaban J connectivity index is 0.00000110. The Morgan fingerprint density at radius 3 is 2.10 bits per heavy atom. The summed E-state index contributed by atoms with van der Waals surface area (Å²) in [4.78, 5) is 31.8. The van der Waals surface area contributed by atoms with Crippen molar-refractivity contribution < 1.29 is 34.4 Å². The minimum Gasteiger partial charge on any atom is -0.481 e. The van der Waals surface area contributed by atoms with E-state index in [2.05, 4.69) is 5.32 Å². The lowest BCUT2D eigenvalue weighted by atomic mass is 9.99. The van der Waals surface area contributed by atoms with E-state index in [0.717, 1.165) is 12.5 Å². The number of hydrogen-bond donors (Lipinski definition) is 6. The molecule has 0 aliphatic carbocycles. The molecule has 10 heteroatoms. The number of carbonyl (C=O) groups is 3.